The van der Waals surface area contributed by atoms with E-state index < -0.39 is 0 Å². The van der Waals surface area contributed by atoms with Crippen LogP contribution in [0.25, 0.3) is 11.1 Å². The third kappa shape index (κ3) is 2.76. The highest BCUT2D eigenvalue weighted by atomic mass is 16.1. The fourth-order valence-electron chi connectivity index (χ4n) is 2.17. The molecule has 19 heavy (non-hydrogen) atoms. The van der Waals surface area contributed by atoms with Gasteiger partial charge in [0.05, 0.1) is 0 Å². The molecule has 2 aromatic carbocycles. The Balaban J connectivity index is 2.41. The fourth-order valence-corrected chi connectivity index (χ4v) is 2.17. The van der Waals surface area contributed by atoms with Gasteiger partial charge in [0.25, 0.3) is 0 Å². The predicted molar refractivity (Wildman–Crippen MR) is 80.6 cm³/mol. The summed E-state index contributed by atoms with van der Waals surface area (Å²) in [5, 5.41) is 0. The topological polar surface area (TPSA) is 17.1 Å². The maximum Gasteiger partial charge on any atom is 0.150 e. The van der Waals surface area contributed by atoms with Crippen LogP contribution >= 0.6 is 0 Å². The minimum Gasteiger partial charge on any atom is -0.298 e. The molecule has 2 rings (SSSR count). The summed E-state index contributed by atoms with van der Waals surface area (Å²) in [4.78, 5) is 11.1. The summed E-state index contributed by atoms with van der Waals surface area (Å²) in [5.41, 5.74) is 4.37. The maximum absolute atomic E-state index is 11.1. The molecule has 0 saturated carbocycles. The Kier molecular flexibility index (Phi) is 3.84. The van der Waals surface area contributed by atoms with E-state index in [1.54, 1.807) is 0 Å². The van der Waals surface area contributed by atoms with E-state index in [2.05, 4.69) is 45.0 Å². The molecule has 0 aliphatic heterocycles. The van der Waals surface area contributed by atoms with Gasteiger partial charge >= 0.3 is 0 Å². The lowest BCUT2D eigenvalue weighted by molar-refractivity contribution is 0.112. The van der Waals surface area contributed by atoms with Crippen LogP contribution in [0.4, 0.5) is 0 Å². The second-order valence-corrected chi connectivity index (χ2v) is 5.52. The molecule has 0 fully saturated rings. The molecule has 2 aromatic rings. The number of benzene rings is 2. The van der Waals surface area contributed by atoms with Crippen LogP contribution in [0.3, 0.4) is 0 Å². The molecule has 0 aliphatic carbocycles. The molecule has 0 radical (unpaired) electrons. The van der Waals surface area contributed by atoms with Crippen molar-refractivity contribution in [2.75, 3.05) is 0 Å². The standard InChI is InChI=1S/C18H20O/c1-4-18(2,3)16-11-9-14(10-12-16)17-8-6-5-7-15(17)13-19/h5-13H,4H2,1-3H3. The van der Waals surface area contributed by atoms with Crippen molar-refractivity contribution in [3.8, 4) is 11.1 Å². The van der Waals surface area contributed by atoms with Crippen LogP contribution in [0.5, 0.6) is 0 Å². The van der Waals surface area contributed by atoms with Crippen LogP contribution in [0.2, 0.25) is 0 Å². The van der Waals surface area contributed by atoms with E-state index in [0.29, 0.717) is 0 Å². The van der Waals surface area contributed by atoms with E-state index >= 15 is 0 Å². The van der Waals surface area contributed by atoms with Gasteiger partial charge in [0.1, 0.15) is 0 Å². The minimum atomic E-state index is 0.197. The first-order chi connectivity index (χ1) is 9.08. The van der Waals surface area contributed by atoms with Gasteiger partial charge < -0.3 is 0 Å². The quantitative estimate of drug-likeness (QED) is 0.711. The van der Waals surface area contributed by atoms with Gasteiger partial charge in [0.2, 0.25) is 0 Å². The first-order valence-electron chi connectivity index (χ1n) is 6.73. The Bertz CT molecular complexity index is 564. The molecule has 0 bridgehead atoms. The second kappa shape index (κ2) is 5.40. The molecule has 0 atom stereocenters. The lowest BCUT2D eigenvalue weighted by Gasteiger charge is -2.23. The van der Waals surface area contributed by atoms with E-state index in [4.69, 9.17) is 0 Å². The predicted octanol–water partition coefficient (Wildman–Crippen LogP) is 4.85. The van der Waals surface area contributed by atoms with E-state index in [1.165, 1.54) is 5.56 Å². The largest absolute Gasteiger partial charge is 0.298 e. The van der Waals surface area contributed by atoms with Gasteiger partial charge in [-0.2, -0.15) is 0 Å². The molecule has 0 saturated heterocycles. The zero-order valence-corrected chi connectivity index (χ0v) is 11.8. The van der Waals surface area contributed by atoms with Gasteiger partial charge in [-0.1, -0.05) is 69.3 Å². The molecule has 98 valence electrons. The summed E-state index contributed by atoms with van der Waals surface area (Å²) < 4.78 is 0. The summed E-state index contributed by atoms with van der Waals surface area (Å²) in [7, 11) is 0. The smallest absolute Gasteiger partial charge is 0.150 e. The number of hydrogen-bond acceptors (Lipinski definition) is 1. The van der Waals surface area contributed by atoms with Gasteiger partial charge in [-0.25, -0.2) is 0 Å². The summed E-state index contributed by atoms with van der Waals surface area (Å²) in [5.74, 6) is 0. The highest BCUT2D eigenvalue weighted by Crippen LogP contribution is 2.29. The van der Waals surface area contributed by atoms with Gasteiger partial charge in [-0.15, -0.1) is 0 Å². The van der Waals surface area contributed by atoms with Crippen LogP contribution < -0.4 is 0 Å². The third-order valence-corrected chi connectivity index (χ3v) is 3.95. The van der Waals surface area contributed by atoms with Crippen molar-refractivity contribution in [2.45, 2.75) is 32.6 Å². The average Bonchev–Trinajstić information content (AvgIpc) is 2.47. The van der Waals surface area contributed by atoms with Crippen LogP contribution in [0.15, 0.2) is 48.5 Å². The van der Waals surface area contributed by atoms with E-state index in [-0.39, 0.29) is 5.41 Å². The van der Waals surface area contributed by atoms with Gasteiger partial charge in [-0.05, 0) is 28.5 Å². The van der Waals surface area contributed by atoms with Crippen molar-refractivity contribution in [1.29, 1.82) is 0 Å². The number of rotatable bonds is 4. The Labute approximate surface area is 115 Å². The monoisotopic (exact) mass is 252 g/mol. The number of aldehydes is 1. The molecule has 0 unspecified atom stereocenters. The van der Waals surface area contributed by atoms with Gasteiger partial charge in [0.15, 0.2) is 6.29 Å². The van der Waals surface area contributed by atoms with Gasteiger partial charge in [0, 0.05) is 5.56 Å². The molecule has 0 aliphatic rings. The van der Waals surface area contributed by atoms with Crippen LogP contribution in [-0.4, -0.2) is 6.29 Å². The first kappa shape index (κ1) is 13.5. The van der Waals surface area contributed by atoms with Crippen LogP contribution in [0.1, 0.15) is 43.1 Å². The molecule has 1 nitrogen and oxygen atoms in total. The van der Waals surface area contributed by atoms with Crippen molar-refractivity contribution >= 4 is 6.29 Å². The Morgan fingerprint density at radius 3 is 2.21 bits per heavy atom. The summed E-state index contributed by atoms with van der Waals surface area (Å²) >= 11 is 0. The molecule has 0 heterocycles. The Morgan fingerprint density at radius 2 is 1.63 bits per heavy atom. The second-order valence-electron chi connectivity index (χ2n) is 5.52. The zero-order chi connectivity index (χ0) is 13.9. The van der Waals surface area contributed by atoms with Crippen LogP contribution in [-0.2, 0) is 5.41 Å². The van der Waals surface area contributed by atoms with E-state index in [0.717, 1.165) is 29.4 Å². The Morgan fingerprint density at radius 1 is 1.00 bits per heavy atom. The lowest BCUT2D eigenvalue weighted by Crippen LogP contribution is -2.14. The van der Waals surface area contributed by atoms with Crippen LogP contribution in [0, 0.1) is 0 Å². The molecule has 0 N–H and O–H groups in total. The number of carbonyl (C=O) groups excluding carboxylic acids is 1. The highest BCUT2D eigenvalue weighted by Gasteiger charge is 2.17. The SMILES string of the molecule is CCC(C)(C)c1ccc(-c2ccccc2C=O)cc1. The van der Waals surface area contributed by atoms with Crippen molar-refractivity contribution in [3.63, 3.8) is 0 Å². The molecule has 0 amide bonds. The molecule has 0 spiro atoms. The normalized spacial score (nSPS) is 11.3. The van der Waals surface area contributed by atoms with Crippen molar-refractivity contribution in [2.24, 2.45) is 0 Å². The summed E-state index contributed by atoms with van der Waals surface area (Å²) in [6, 6.07) is 16.2. The Hall–Kier alpha value is -1.89. The zero-order valence-electron chi connectivity index (χ0n) is 11.8. The van der Waals surface area contributed by atoms with Crippen molar-refractivity contribution in [1.82, 2.24) is 0 Å². The van der Waals surface area contributed by atoms with E-state index in [1.807, 2.05) is 24.3 Å². The van der Waals surface area contributed by atoms with Gasteiger partial charge in [-0.3, -0.25) is 4.79 Å². The summed E-state index contributed by atoms with van der Waals surface area (Å²) in [6.45, 7) is 6.71. The fraction of sp³-hybridized carbons (Fsp3) is 0.278. The lowest BCUT2D eigenvalue weighted by atomic mass is 9.81. The summed E-state index contributed by atoms with van der Waals surface area (Å²) in [6.07, 6.45) is 2.02. The average molecular weight is 252 g/mol. The highest BCUT2D eigenvalue weighted by molar-refractivity contribution is 5.87. The molecular formula is C18H20O. The number of hydrogen-bond donors (Lipinski definition) is 0. The minimum absolute atomic E-state index is 0.197. The maximum atomic E-state index is 11.1. The third-order valence-electron chi connectivity index (χ3n) is 3.95. The van der Waals surface area contributed by atoms with E-state index in [9.17, 15) is 4.79 Å². The molecule has 1 heteroatoms. The van der Waals surface area contributed by atoms with Crippen molar-refractivity contribution in [3.05, 3.63) is 59.7 Å². The molecule has 0 aromatic heterocycles. The van der Waals surface area contributed by atoms with Crippen molar-refractivity contribution < 1.29 is 4.79 Å². The number of carbonyl (C=O) groups is 1. The molecular weight excluding hydrogens is 232 g/mol. The first-order valence-corrected chi connectivity index (χ1v) is 6.73.